The first-order chi connectivity index (χ1) is 8.97. The number of hydrogen-bond acceptors (Lipinski definition) is 3. The van der Waals surface area contributed by atoms with E-state index >= 15 is 0 Å². The maximum Gasteiger partial charge on any atom is 0.203 e. The summed E-state index contributed by atoms with van der Waals surface area (Å²) in [6.45, 7) is 4.90. The summed E-state index contributed by atoms with van der Waals surface area (Å²) in [5, 5.41) is 0. The van der Waals surface area contributed by atoms with Gasteiger partial charge in [-0.1, -0.05) is 25.4 Å². The molecule has 0 spiro atoms. The van der Waals surface area contributed by atoms with E-state index in [1.807, 2.05) is 18.2 Å². The zero-order valence-corrected chi connectivity index (χ0v) is 12.3. The number of ether oxygens (including phenoxy) is 1. The lowest BCUT2D eigenvalue weighted by Gasteiger charge is -2.15. The van der Waals surface area contributed by atoms with Gasteiger partial charge in [-0.3, -0.25) is 4.79 Å². The molecule has 98 valence electrons. The largest absolute Gasteiger partial charge is 0.492 e. The van der Waals surface area contributed by atoms with Gasteiger partial charge in [-0.2, -0.15) is 0 Å². The number of ketones is 1. The third-order valence-electron chi connectivity index (χ3n) is 3.36. The number of hydrogen-bond donors (Lipinski definition) is 0. The normalized spacial score (nSPS) is 15.9. The fourth-order valence-electron chi connectivity index (χ4n) is 2.24. The quantitative estimate of drug-likeness (QED) is 0.771. The lowest BCUT2D eigenvalue weighted by Crippen LogP contribution is -2.18. The highest BCUT2D eigenvalue weighted by atomic mass is 35.5. The van der Waals surface area contributed by atoms with Crippen LogP contribution in [-0.4, -0.2) is 12.4 Å². The molecule has 0 unspecified atom stereocenters. The van der Waals surface area contributed by atoms with Crippen molar-refractivity contribution < 1.29 is 9.53 Å². The average Bonchev–Trinajstić information content (AvgIpc) is 2.93. The van der Waals surface area contributed by atoms with Gasteiger partial charge in [0, 0.05) is 16.5 Å². The molecule has 19 heavy (non-hydrogen) atoms. The van der Waals surface area contributed by atoms with E-state index in [9.17, 15) is 4.79 Å². The van der Waals surface area contributed by atoms with Gasteiger partial charge in [0.25, 0.3) is 0 Å². The number of fused-ring (bicyclic) bond motifs is 1. The molecular formula is C15H13ClO2S. The SMILES string of the molecule is CC1(C)COc2ccc(C(=O)c3ccc(Cl)s3)cc21. The second-order valence-corrected chi connectivity index (χ2v) is 7.03. The highest BCUT2D eigenvalue weighted by molar-refractivity contribution is 7.18. The third kappa shape index (κ3) is 2.17. The fraction of sp³-hybridized carbons (Fsp3) is 0.267. The molecule has 0 aliphatic carbocycles. The van der Waals surface area contributed by atoms with Gasteiger partial charge in [-0.05, 0) is 30.3 Å². The predicted octanol–water partition coefficient (Wildman–Crippen LogP) is 4.30. The lowest BCUT2D eigenvalue weighted by molar-refractivity contribution is 0.104. The molecule has 0 N–H and O–H groups in total. The minimum atomic E-state index is -0.0429. The Morgan fingerprint density at radius 1 is 1.32 bits per heavy atom. The van der Waals surface area contributed by atoms with Gasteiger partial charge in [-0.15, -0.1) is 11.3 Å². The zero-order chi connectivity index (χ0) is 13.6. The van der Waals surface area contributed by atoms with Gasteiger partial charge in [0.05, 0.1) is 15.8 Å². The molecule has 0 saturated heterocycles. The van der Waals surface area contributed by atoms with Crippen LogP contribution >= 0.6 is 22.9 Å². The van der Waals surface area contributed by atoms with Gasteiger partial charge >= 0.3 is 0 Å². The Labute approximate surface area is 121 Å². The highest BCUT2D eigenvalue weighted by Crippen LogP contribution is 2.39. The molecule has 0 amide bonds. The second-order valence-electron chi connectivity index (χ2n) is 5.32. The number of benzene rings is 1. The molecule has 0 fully saturated rings. The summed E-state index contributed by atoms with van der Waals surface area (Å²) >= 11 is 7.19. The standard InChI is InChI=1S/C15H13ClO2S/c1-15(2)8-18-11-4-3-9(7-10(11)15)14(17)12-5-6-13(16)19-12/h3-7H,8H2,1-2H3. The molecule has 0 bridgehead atoms. The Balaban J connectivity index is 2.01. The number of carbonyl (C=O) groups excluding carboxylic acids is 1. The predicted molar refractivity (Wildman–Crippen MR) is 77.7 cm³/mol. The van der Waals surface area contributed by atoms with Crippen LogP contribution in [0.15, 0.2) is 30.3 Å². The molecule has 2 nitrogen and oxygen atoms in total. The molecule has 1 aromatic heterocycles. The van der Waals surface area contributed by atoms with E-state index in [2.05, 4.69) is 13.8 Å². The van der Waals surface area contributed by atoms with Crippen molar-refractivity contribution in [3.05, 3.63) is 50.7 Å². The van der Waals surface area contributed by atoms with E-state index in [1.165, 1.54) is 11.3 Å². The molecule has 4 heteroatoms. The molecule has 1 aliphatic heterocycles. The van der Waals surface area contributed by atoms with Gasteiger partial charge in [-0.25, -0.2) is 0 Å². The first-order valence-electron chi connectivity index (χ1n) is 6.05. The summed E-state index contributed by atoms with van der Waals surface area (Å²) < 4.78 is 6.26. The molecule has 2 aromatic rings. The van der Waals surface area contributed by atoms with Gasteiger partial charge in [0.1, 0.15) is 5.75 Å². The van der Waals surface area contributed by atoms with Crippen LogP contribution in [0, 0.1) is 0 Å². The van der Waals surface area contributed by atoms with E-state index in [-0.39, 0.29) is 11.2 Å². The smallest absolute Gasteiger partial charge is 0.203 e. The van der Waals surface area contributed by atoms with Gasteiger partial charge < -0.3 is 4.74 Å². The van der Waals surface area contributed by atoms with Crippen LogP contribution in [0.4, 0.5) is 0 Å². The van der Waals surface area contributed by atoms with Crippen LogP contribution in [0.25, 0.3) is 0 Å². The first-order valence-corrected chi connectivity index (χ1v) is 7.24. The van der Waals surface area contributed by atoms with Crippen molar-refractivity contribution >= 4 is 28.7 Å². The zero-order valence-electron chi connectivity index (χ0n) is 10.7. The molecule has 0 saturated carbocycles. The molecule has 3 rings (SSSR count). The summed E-state index contributed by atoms with van der Waals surface area (Å²) in [5.41, 5.74) is 1.75. The monoisotopic (exact) mass is 292 g/mol. The molecule has 0 radical (unpaired) electrons. The summed E-state index contributed by atoms with van der Waals surface area (Å²) in [6, 6.07) is 9.16. The summed E-state index contributed by atoms with van der Waals surface area (Å²) in [7, 11) is 0. The third-order valence-corrected chi connectivity index (χ3v) is 4.59. The van der Waals surface area contributed by atoms with Crippen molar-refractivity contribution in [2.75, 3.05) is 6.61 Å². The Morgan fingerprint density at radius 3 is 2.79 bits per heavy atom. The fourth-order valence-corrected chi connectivity index (χ4v) is 3.25. The van der Waals surface area contributed by atoms with Crippen LogP contribution < -0.4 is 4.74 Å². The molecule has 1 aromatic carbocycles. The van der Waals surface area contributed by atoms with Crippen molar-refractivity contribution in [3.63, 3.8) is 0 Å². The number of rotatable bonds is 2. The topological polar surface area (TPSA) is 26.3 Å². The summed E-state index contributed by atoms with van der Waals surface area (Å²) in [5.74, 6) is 0.896. The van der Waals surface area contributed by atoms with Crippen LogP contribution in [0.1, 0.15) is 34.6 Å². The Hall–Kier alpha value is -1.32. The van der Waals surface area contributed by atoms with Crippen LogP contribution in [0.5, 0.6) is 5.75 Å². The van der Waals surface area contributed by atoms with Gasteiger partial charge in [0.15, 0.2) is 0 Å². The van der Waals surface area contributed by atoms with E-state index < -0.39 is 0 Å². The number of halogens is 1. The van der Waals surface area contributed by atoms with E-state index in [0.29, 0.717) is 21.4 Å². The first kappa shape index (κ1) is 12.7. The van der Waals surface area contributed by atoms with Crippen molar-refractivity contribution in [2.24, 2.45) is 0 Å². The minimum Gasteiger partial charge on any atom is -0.492 e. The van der Waals surface area contributed by atoms with Crippen LogP contribution in [-0.2, 0) is 5.41 Å². The summed E-state index contributed by atoms with van der Waals surface area (Å²) in [6.07, 6.45) is 0. The molecule has 0 atom stereocenters. The average molecular weight is 293 g/mol. The van der Waals surface area contributed by atoms with E-state index in [1.54, 1.807) is 12.1 Å². The molecule has 1 aliphatic rings. The highest BCUT2D eigenvalue weighted by Gasteiger charge is 2.32. The Bertz CT molecular complexity index is 658. The summed E-state index contributed by atoms with van der Waals surface area (Å²) in [4.78, 5) is 13.0. The minimum absolute atomic E-state index is 0.0161. The van der Waals surface area contributed by atoms with Crippen molar-refractivity contribution in [3.8, 4) is 5.75 Å². The Morgan fingerprint density at radius 2 is 2.11 bits per heavy atom. The molecular weight excluding hydrogens is 280 g/mol. The van der Waals surface area contributed by atoms with E-state index in [4.69, 9.17) is 16.3 Å². The van der Waals surface area contributed by atoms with Crippen molar-refractivity contribution in [1.82, 2.24) is 0 Å². The molecule has 2 heterocycles. The van der Waals surface area contributed by atoms with Crippen molar-refractivity contribution in [2.45, 2.75) is 19.3 Å². The number of carbonyl (C=O) groups is 1. The van der Waals surface area contributed by atoms with Crippen LogP contribution in [0.3, 0.4) is 0 Å². The van der Waals surface area contributed by atoms with Gasteiger partial charge in [0.2, 0.25) is 5.78 Å². The van der Waals surface area contributed by atoms with E-state index in [0.717, 1.165) is 11.3 Å². The van der Waals surface area contributed by atoms with Crippen LogP contribution in [0.2, 0.25) is 4.34 Å². The number of thiophene rings is 1. The maximum absolute atomic E-state index is 12.4. The lowest BCUT2D eigenvalue weighted by atomic mass is 9.86. The van der Waals surface area contributed by atoms with Crippen molar-refractivity contribution in [1.29, 1.82) is 0 Å². The second kappa shape index (κ2) is 4.36. The maximum atomic E-state index is 12.4. The Kier molecular flexibility index (Phi) is 2.91.